The van der Waals surface area contributed by atoms with Crippen LogP contribution in [-0.4, -0.2) is 38.6 Å². The van der Waals surface area contributed by atoms with Crippen molar-refractivity contribution in [1.29, 1.82) is 0 Å². The zero-order chi connectivity index (χ0) is 22.1. The largest absolute Gasteiger partial charge is 0.493 e. The Morgan fingerprint density at radius 1 is 1.35 bits per heavy atom. The van der Waals surface area contributed by atoms with Crippen molar-refractivity contribution in [3.8, 4) is 5.75 Å². The van der Waals surface area contributed by atoms with E-state index in [-0.39, 0.29) is 17.6 Å². The fraction of sp³-hybridized carbons (Fsp3) is 0.429. The molecule has 1 aromatic carbocycles. The summed E-state index contributed by atoms with van der Waals surface area (Å²) in [5.74, 6) is 1.56. The first-order valence-electron chi connectivity index (χ1n) is 10.2. The number of rotatable bonds is 7. The first-order valence-corrected chi connectivity index (χ1v) is 11.3. The van der Waals surface area contributed by atoms with Gasteiger partial charge >= 0.3 is 6.08 Å². The maximum absolute atomic E-state index is 13.9. The first kappa shape index (κ1) is 21.7. The number of benzene rings is 1. The van der Waals surface area contributed by atoms with Gasteiger partial charge in [-0.15, -0.1) is 0 Å². The van der Waals surface area contributed by atoms with Crippen LogP contribution in [0.4, 0.5) is 10.2 Å². The second-order valence-electron chi connectivity index (χ2n) is 7.86. The van der Waals surface area contributed by atoms with Crippen molar-refractivity contribution in [3.63, 3.8) is 0 Å². The zero-order valence-corrected chi connectivity index (χ0v) is 19.6. The molecule has 0 atom stereocenters. The van der Waals surface area contributed by atoms with Crippen LogP contribution in [0.5, 0.6) is 5.75 Å². The molecule has 0 fully saturated rings. The molecule has 8 nitrogen and oxygen atoms in total. The molecule has 4 rings (SSSR count). The molecular formula is C21H24FIN6O2. The summed E-state index contributed by atoms with van der Waals surface area (Å²) in [7, 11) is 0. The smallest absolute Gasteiger partial charge is 0.312 e. The van der Waals surface area contributed by atoms with Gasteiger partial charge in [-0.1, -0.05) is 13.8 Å². The van der Waals surface area contributed by atoms with Gasteiger partial charge in [0, 0.05) is 35.4 Å². The number of nitrogen functional groups attached to an aromatic ring is 1. The van der Waals surface area contributed by atoms with Gasteiger partial charge in [-0.25, -0.2) is 4.98 Å². The number of fused-ring (bicyclic) bond motifs is 2. The number of nitrogens with two attached hydrogens (primary N) is 1. The van der Waals surface area contributed by atoms with Crippen molar-refractivity contribution in [3.05, 3.63) is 38.7 Å². The average Bonchev–Trinajstić information content (AvgIpc) is 3.29. The van der Waals surface area contributed by atoms with E-state index in [0.29, 0.717) is 49.5 Å². The van der Waals surface area contributed by atoms with Crippen molar-refractivity contribution in [1.82, 2.24) is 24.8 Å². The van der Waals surface area contributed by atoms with E-state index < -0.39 is 6.08 Å². The van der Waals surface area contributed by atoms with Gasteiger partial charge in [0.05, 0.1) is 6.61 Å². The Morgan fingerprint density at radius 3 is 2.94 bits per heavy atom. The van der Waals surface area contributed by atoms with Crippen molar-refractivity contribution >= 4 is 45.5 Å². The summed E-state index contributed by atoms with van der Waals surface area (Å²) in [6, 6.07) is 4.19. The first-order chi connectivity index (χ1) is 14.8. The standard InChI is InChI=1S/C21H24FIN6O2/c1-11(2)20(30)25-5-3-6-29-16(26-17-18(24)27-21(22)28-19(17)29)10-13-9-15-12(4-7-31-15)8-14(13)23/h8-9,11H,3-7,10H2,1-2H3,(H,25,30)(H2,24,27,28). The molecule has 0 saturated heterocycles. The number of halogens is 2. The maximum atomic E-state index is 13.9. The fourth-order valence-corrected chi connectivity index (χ4v) is 4.33. The summed E-state index contributed by atoms with van der Waals surface area (Å²) in [5, 5.41) is 2.90. The molecule has 0 aliphatic carbocycles. The lowest BCUT2D eigenvalue weighted by molar-refractivity contribution is -0.123. The van der Waals surface area contributed by atoms with Gasteiger partial charge in [0.2, 0.25) is 5.91 Å². The van der Waals surface area contributed by atoms with Gasteiger partial charge in [0.1, 0.15) is 11.6 Å². The SMILES string of the molecule is CC(C)C(=O)NCCCn1c(Cc2cc3c(cc2I)CCO3)nc2c(N)nc(F)nc21. The lowest BCUT2D eigenvalue weighted by Crippen LogP contribution is -2.29. The molecule has 0 unspecified atom stereocenters. The number of anilines is 1. The third-order valence-electron chi connectivity index (χ3n) is 5.26. The molecule has 3 heterocycles. The molecule has 31 heavy (non-hydrogen) atoms. The van der Waals surface area contributed by atoms with Gasteiger partial charge in [-0.3, -0.25) is 4.79 Å². The number of amides is 1. The fourth-order valence-electron chi connectivity index (χ4n) is 3.61. The molecule has 1 aliphatic heterocycles. The average molecular weight is 538 g/mol. The van der Waals surface area contributed by atoms with Crippen molar-refractivity contribution in [2.75, 3.05) is 18.9 Å². The van der Waals surface area contributed by atoms with E-state index in [4.69, 9.17) is 10.5 Å². The number of aryl methyl sites for hydroxylation is 1. The number of carbonyl (C=O) groups excluding carboxylic acids is 1. The molecule has 0 bridgehead atoms. The van der Waals surface area contributed by atoms with Crippen molar-refractivity contribution < 1.29 is 13.9 Å². The molecular weight excluding hydrogens is 514 g/mol. The summed E-state index contributed by atoms with van der Waals surface area (Å²) in [6.45, 7) is 5.41. The molecule has 164 valence electrons. The quantitative estimate of drug-likeness (QED) is 0.272. The predicted octanol–water partition coefficient (Wildman–Crippen LogP) is 2.84. The van der Waals surface area contributed by atoms with E-state index in [1.807, 2.05) is 24.5 Å². The van der Waals surface area contributed by atoms with Crippen LogP contribution in [0.15, 0.2) is 12.1 Å². The Kier molecular flexibility index (Phi) is 6.26. The predicted molar refractivity (Wildman–Crippen MR) is 123 cm³/mol. The molecule has 0 radical (unpaired) electrons. The number of hydrogen-bond donors (Lipinski definition) is 2. The van der Waals surface area contributed by atoms with Crippen LogP contribution in [0.2, 0.25) is 0 Å². The Balaban J connectivity index is 1.64. The van der Waals surface area contributed by atoms with E-state index >= 15 is 0 Å². The van der Waals surface area contributed by atoms with E-state index in [2.05, 4.69) is 48.9 Å². The van der Waals surface area contributed by atoms with Gasteiger partial charge in [0.25, 0.3) is 0 Å². The maximum Gasteiger partial charge on any atom is 0.312 e. The van der Waals surface area contributed by atoms with E-state index in [9.17, 15) is 9.18 Å². The summed E-state index contributed by atoms with van der Waals surface area (Å²) in [6.07, 6.45) is 1.20. The zero-order valence-electron chi connectivity index (χ0n) is 17.4. The molecule has 1 amide bonds. The number of imidazole rings is 1. The summed E-state index contributed by atoms with van der Waals surface area (Å²) in [4.78, 5) is 24.0. The number of nitrogens with one attached hydrogen (secondary N) is 1. The molecule has 0 spiro atoms. The van der Waals surface area contributed by atoms with Crippen LogP contribution < -0.4 is 15.8 Å². The molecule has 3 aromatic rings. The minimum absolute atomic E-state index is 0.000946. The van der Waals surface area contributed by atoms with Gasteiger partial charge in [-0.2, -0.15) is 14.4 Å². The number of aromatic nitrogens is 4. The van der Waals surface area contributed by atoms with E-state index in [1.165, 1.54) is 5.56 Å². The Morgan fingerprint density at radius 2 is 2.16 bits per heavy atom. The van der Waals surface area contributed by atoms with Crippen LogP contribution >= 0.6 is 22.6 Å². The third-order valence-corrected chi connectivity index (χ3v) is 6.27. The van der Waals surface area contributed by atoms with E-state index in [1.54, 1.807) is 0 Å². The minimum Gasteiger partial charge on any atom is -0.493 e. The molecule has 1 aliphatic rings. The highest BCUT2D eigenvalue weighted by Gasteiger charge is 2.20. The van der Waals surface area contributed by atoms with Crippen molar-refractivity contribution in [2.45, 2.75) is 39.7 Å². The summed E-state index contributed by atoms with van der Waals surface area (Å²) in [5.41, 5.74) is 8.94. The summed E-state index contributed by atoms with van der Waals surface area (Å²) < 4.78 is 22.6. The lowest BCUT2D eigenvalue weighted by atomic mass is 10.1. The van der Waals surface area contributed by atoms with Crippen molar-refractivity contribution in [2.24, 2.45) is 5.92 Å². The second-order valence-corrected chi connectivity index (χ2v) is 9.02. The normalized spacial score (nSPS) is 12.9. The molecule has 3 N–H and O–H groups in total. The minimum atomic E-state index is -0.883. The van der Waals surface area contributed by atoms with Gasteiger partial charge < -0.3 is 20.4 Å². The molecule has 10 heteroatoms. The lowest BCUT2D eigenvalue weighted by Gasteiger charge is -2.12. The Labute approximate surface area is 192 Å². The highest BCUT2D eigenvalue weighted by Crippen LogP contribution is 2.31. The highest BCUT2D eigenvalue weighted by atomic mass is 127. The Hall–Kier alpha value is -2.50. The Bertz CT molecular complexity index is 1150. The second kappa shape index (κ2) is 8.93. The van der Waals surface area contributed by atoms with Crippen LogP contribution in [0.1, 0.15) is 37.2 Å². The molecule has 0 saturated carbocycles. The van der Waals surface area contributed by atoms with Crippen LogP contribution in [0.3, 0.4) is 0 Å². The van der Waals surface area contributed by atoms with Crippen LogP contribution in [0.25, 0.3) is 11.2 Å². The van der Waals surface area contributed by atoms with Crippen LogP contribution in [-0.2, 0) is 24.2 Å². The highest BCUT2D eigenvalue weighted by molar-refractivity contribution is 14.1. The monoisotopic (exact) mass is 538 g/mol. The number of nitrogens with zero attached hydrogens (tertiary/aromatic N) is 4. The van der Waals surface area contributed by atoms with Gasteiger partial charge in [-0.05, 0) is 52.3 Å². The number of ether oxygens (including phenoxy) is 1. The summed E-state index contributed by atoms with van der Waals surface area (Å²) >= 11 is 2.32. The molecule has 2 aromatic heterocycles. The topological polar surface area (TPSA) is 108 Å². The third kappa shape index (κ3) is 4.58. The number of carbonyl (C=O) groups is 1. The van der Waals surface area contributed by atoms with Gasteiger partial charge in [0.15, 0.2) is 17.0 Å². The van der Waals surface area contributed by atoms with E-state index in [0.717, 1.165) is 21.3 Å². The number of hydrogen-bond acceptors (Lipinski definition) is 6. The van der Waals surface area contributed by atoms with Crippen LogP contribution in [0, 0.1) is 15.6 Å².